The van der Waals surface area contributed by atoms with Gasteiger partial charge in [-0.1, -0.05) is 0 Å². The maximum atomic E-state index is 11.7. The van der Waals surface area contributed by atoms with Crippen molar-refractivity contribution < 1.29 is 19.2 Å². The van der Waals surface area contributed by atoms with Crippen LogP contribution < -0.4 is 0 Å². The molecule has 104 valence electrons. The lowest BCUT2D eigenvalue weighted by Crippen LogP contribution is -2.33. The summed E-state index contributed by atoms with van der Waals surface area (Å²) >= 11 is 0. The summed E-state index contributed by atoms with van der Waals surface area (Å²) in [6.45, 7) is 0.993. The standard InChI is InChI=1S/C13H18N2O4/c16-10(14-8-2-6-12(14)18)4-1-5-11(17)15-9-3-7-13(15)19/h1-9H2. The van der Waals surface area contributed by atoms with Gasteiger partial charge in [-0.25, -0.2) is 0 Å². The third-order valence-corrected chi connectivity index (χ3v) is 3.53. The number of imide groups is 2. The van der Waals surface area contributed by atoms with Crippen molar-refractivity contribution in [1.82, 2.24) is 9.80 Å². The van der Waals surface area contributed by atoms with E-state index >= 15 is 0 Å². The predicted octanol–water partition coefficient (Wildman–Crippen LogP) is 0.455. The van der Waals surface area contributed by atoms with Gasteiger partial charge in [0.1, 0.15) is 0 Å². The van der Waals surface area contributed by atoms with E-state index < -0.39 is 0 Å². The SMILES string of the molecule is O=C(CCCC(=O)N1CCCC1=O)N1CCCC1=O. The van der Waals surface area contributed by atoms with Crippen LogP contribution >= 0.6 is 0 Å². The molecule has 0 aliphatic carbocycles. The lowest BCUT2D eigenvalue weighted by molar-refractivity contribution is -0.142. The Bertz CT molecular complexity index is 381. The van der Waals surface area contributed by atoms with E-state index in [0.717, 1.165) is 12.8 Å². The minimum atomic E-state index is -0.206. The average Bonchev–Trinajstić information content (AvgIpc) is 2.97. The second-order valence-corrected chi connectivity index (χ2v) is 4.94. The van der Waals surface area contributed by atoms with Gasteiger partial charge in [-0.15, -0.1) is 0 Å². The zero-order valence-electron chi connectivity index (χ0n) is 10.9. The molecule has 6 nitrogen and oxygen atoms in total. The normalized spacial score (nSPS) is 19.4. The largest absolute Gasteiger partial charge is 0.283 e. The number of nitrogens with zero attached hydrogens (tertiary/aromatic N) is 2. The average molecular weight is 266 g/mol. The second-order valence-electron chi connectivity index (χ2n) is 4.94. The minimum absolute atomic E-state index is 0.119. The Morgan fingerprint density at radius 1 is 0.842 bits per heavy atom. The quantitative estimate of drug-likeness (QED) is 0.740. The van der Waals surface area contributed by atoms with Crippen LogP contribution in [0.1, 0.15) is 44.9 Å². The van der Waals surface area contributed by atoms with Crippen molar-refractivity contribution in [1.29, 1.82) is 0 Å². The summed E-state index contributed by atoms with van der Waals surface area (Å²) in [6.07, 6.45) is 3.11. The molecule has 0 aromatic heterocycles. The summed E-state index contributed by atoms with van der Waals surface area (Å²) in [6, 6.07) is 0. The fraction of sp³-hybridized carbons (Fsp3) is 0.692. The fourth-order valence-electron chi connectivity index (χ4n) is 2.48. The highest BCUT2D eigenvalue weighted by Gasteiger charge is 2.28. The second kappa shape index (κ2) is 5.95. The monoisotopic (exact) mass is 266 g/mol. The van der Waals surface area contributed by atoms with Crippen molar-refractivity contribution in [3.63, 3.8) is 0 Å². The zero-order chi connectivity index (χ0) is 13.8. The number of likely N-dealkylation sites (tertiary alicyclic amines) is 2. The number of carbonyl (C=O) groups excluding carboxylic acids is 4. The number of hydrogen-bond acceptors (Lipinski definition) is 4. The van der Waals surface area contributed by atoms with Gasteiger partial charge in [0, 0.05) is 38.8 Å². The van der Waals surface area contributed by atoms with Crippen LogP contribution in [0.2, 0.25) is 0 Å². The van der Waals surface area contributed by atoms with E-state index in [0.29, 0.717) is 32.4 Å². The van der Waals surface area contributed by atoms with Crippen molar-refractivity contribution in [2.75, 3.05) is 13.1 Å². The highest BCUT2D eigenvalue weighted by atomic mass is 16.2. The van der Waals surface area contributed by atoms with E-state index in [1.54, 1.807) is 0 Å². The fourth-order valence-corrected chi connectivity index (χ4v) is 2.48. The maximum absolute atomic E-state index is 11.7. The molecular weight excluding hydrogens is 248 g/mol. The molecule has 0 unspecified atom stereocenters. The molecule has 2 saturated heterocycles. The molecule has 0 N–H and O–H groups in total. The van der Waals surface area contributed by atoms with Crippen LogP contribution in [-0.4, -0.2) is 46.5 Å². The van der Waals surface area contributed by atoms with Crippen molar-refractivity contribution >= 4 is 23.6 Å². The van der Waals surface area contributed by atoms with Gasteiger partial charge >= 0.3 is 0 Å². The van der Waals surface area contributed by atoms with Crippen LogP contribution in [0.15, 0.2) is 0 Å². The van der Waals surface area contributed by atoms with Gasteiger partial charge in [0.2, 0.25) is 23.6 Å². The highest BCUT2D eigenvalue weighted by Crippen LogP contribution is 2.15. The highest BCUT2D eigenvalue weighted by molar-refractivity contribution is 5.98. The van der Waals surface area contributed by atoms with Crippen LogP contribution in [-0.2, 0) is 19.2 Å². The predicted molar refractivity (Wildman–Crippen MR) is 65.8 cm³/mol. The van der Waals surface area contributed by atoms with Crippen LogP contribution in [0, 0.1) is 0 Å². The summed E-state index contributed by atoms with van der Waals surface area (Å²) in [4.78, 5) is 48.7. The van der Waals surface area contributed by atoms with Gasteiger partial charge in [0.15, 0.2) is 0 Å². The van der Waals surface area contributed by atoms with Gasteiger partial charge in [0.05, 0.1) is 0 Å². The Labute approximate surface area is 111 Å². The molecule has 2 aliphatic rings. The number of carbonyl (C=O) groups is 4. The molecule has 0 bridgehead atoms. The molecule has 2 fully saturated rings. The Kier molecular flexibility index (Phi) is 4.29. The van der Waals surface area contributed by atoms with Crippen LogP contribution in [0.5, 0.6) is 0 Å². The van der Waals surface area contributed by atoms with E-state index in [4.69, 9.17) is 0 Å². The molecule has 2 aliphatic heterocycles. The Balaban J connectivity index is 1.71. The van der Waals surface area contributed by atoms with Gasteiger partial charge in [0.25, 0.3) is 0 Å². The molecular formula is C13H18N2O4. The molecule has 0 spiro atoms. The van der Waals surface area contributed by atoms with E-state index in [1.165, 1.54) is 9.80 Å². The topological polar surface area (TPSA) is 74.8 Å². The van der Waals surface area contributed by atoms with Crippen LogP contribution in [0.25, 0.3) is 0 Å². The summed E-state index contributed by atoms with van der Waals surface area (Å²) in [7, 11) is 0. The third-order valence-electron chi connectivity index (χ3n) is 3.53. The molecule has 6 heteroatoms. The molecule has 0 atom stereocenters. The molecule has 19 heavy (non-hydrogen) atoms. The van der Waals surface area contributed by atoms with E-state index in [9.17, 15) is 19.2 Å². The van der Waals surface area contributed by atoms with Crippen molar-refractivity contribution in [2.45, 2.75) is 44.9 Å². The summed E-state index contributed by atoms with van der Waals surface area (Å²) in [5.74, 6) is -0.650. The molecule has 0 saturated carbocycles. The molecule has 0 aromatic rings. The van der Waals surface area contributed by atoms with Crippen LogP contribution in [0.4, 0.5) is 0 Å². The van der Waals surface area contributed by atoms with Gasteiger partial charge in [-0.3, -0.25) is 29.0 Å². The van der Waals surface area contributed by atoms with Crippen LogP contribution in [0.3, 0.4) is 0 Å². The van der Waals surface area contributed by atoms with E-state index in [1.807, 2.05) is 0 Å². The molecule has 2 heterocycles. The zero-order valence-corrected chi connectivity index (χ0v) is 10.9. The van der Waals surface area contributed by atoms with Gasteiger partial charge < -0.3 is 0 Å². The third kappa shape index (κ3) is 3.19. The van der Waals surface area contributed by atoms with Crippen molar-refractivity contribution in [2.24, 2.45) is 0 Å². The Morgan fingerprint density at radius 3 is 1.58 bits per heavy atom. The number of rotatable bonds is 4. The first-order valence-electron chi connectivity index (χ1n) is 6.76. The lowest BCUT2D eigenvalue weighted by Gasteiger charge is -2.15. The molecule has 0 radical (unpaired) electrons. The lowest BCUT2D eigenvalue weighted by atomic mass is 10.2. The smallest absolute Gasteiger partial charge is 0.229 e. The summed E-state index contributed by atoms with van der Waals surface area (Å²) in [5, 5.41) is 0. The van der Waals surface area contributed by atoms with Gasteiger partial charge in [-0.05, 0) is 19.3 Å². The Hall–Kier alpha value is -1.72. The van der Waals surface area contributed by atoms with E-state index in [2.05, 4.69) is 0 Å². The first-order valence-corrected chi connectivity index (χ1v) is 6.76. The summed E-state index contributed by atoms with van der Waals surface area (Å²) < 4.78 is 0. The molecule has 2 rings (SSSR count). The Morgan fingerprint density at radius 2 is 1.26 bits per heavy atom. The molecule has 4 amide bonds. The maximum Gasteiger partial charge on any atom is 0.229 e. The molecule has 0 aromatic carbocycles. The first kappa shape index (κ1) is 13.7. The minimum Gasteiger partial charge on any atom is -0.283 e. The summed E-state index contributed by atoms with van der Waals surface area (Å²) in [5.41, 5.74) is 0. The number of amides is 4. The van der Waals surface area contributed by atoms with Crippen molar-refractivity contribution in [3.8, 4) is 0 Å². The first-order chi connectivity index (χ1) is 9.09. The van der Waals surface area contributed by atoms with Gasteiger partial charge in [-0.2, -0.15) is 0 Å². The van der Waals surface area contributed by atoms with E-state index in [-0.39, 0.29) is 36.5 Å². The van der Waals surface area contributed by atoms with Crippen molar-refractivity contribution in [3.05, 3.63) is 0 Å². The number of hydrogen-bond donors (Lipinski definition) is 0.